The molecule has 15 heavy (non-hydrogen) atoms. The molecule has 0 radical (unpaired) electrons. The molecule has 1 nitrogen and oxygen atoms in total. The number of rotatable bonds is 2. The zero-order chi connectivity index (χ0) is 10.8. The normalized spacial score (nSPS) is 12.7. The van der Waals surface area contributed by atoms with Crippen LogP contribution in [0.2, 0.25) is 5.02 Å². The van der Waals surface area contributed by atoms with Gasteiger partial charge in [-0.15, -0.1) is 11.3 Å². The molecule has 0 fully saturated rings. The van der Waals surface area contributed by atoms with E-state index in [-0.39, 0.29) is 5.82 Å². The SMILES string of the molecule is OC(c1cccc(F)c1)c1cc(Cl)cs1. The van der Waals surface area contributed by atoms with Crippen LogP contribution in [0.5, 0.6) is 0 Å². The first-order chi connectivity index (χ1) is 7.16. The van der Waals surface area contributed by atoms with E-state index < -0.39 is 6.10 Å². The zero-order valence-electron chi connectivity index (χ0n) is 7.65. The quantitative estimate of drug-likeness (QED) is 0.853. The van der Waals surface area contributed by atoms with Crippen molar-refractivity contribution in [1.82, 2.24) is 0 Å². The fraction of sp³-hybridized carbons (Fsp3) is 0.0909. The monoisotopic (exact) mass is 242 g/mol. The van der Waals surface area contributed by atoms with Crippen molar-refractivity contribution in [3.05, 3.63) is 57.0 Å². The number of hydrogen-bond donors (Lipinski definition) is 1. The molecule has 1 aromatic carbocycles. The van der Waals surface area contributed by atoms with Gasteiger partial charge in [0.2, 0.25) is 0 Å². The maximum atomic E-state index is 12.9. The van der Waals surface area contributed by atoms with E-state index in [9.17, 15) is 9.50 Å². The molecule has 0 spiro atoms. The van der Waals surface area contributed by atoms with Crippen molar-refractivity contribution in [3.63, 3.8) is 0 Å². The molecule has 0 aliphatic carbocycles. The number of hydrogen-bond acceptors (Lipinski definition) is 2. The Morgan fingerprint density at radius 1 is 1.33 bits per heavy atom. The van der Waals surface area contributed by atoms with E-state index in [1.807, 2.05) is 0 Å². The van der Waals surface area contributed by atoms with Crippen molar-refractivity contribution in [3.8, 4) is 0 Å². The molecule has 1 atom stereocenters. The Kier molecular flexibility index (Phi) is 3.05. The van der Waals surface area contributed by atoms with Crippen LogP contribution in [0, 0.1) is 5.82 Å². The Morgan fingerprint density at radius 2 is 2.13 bits per heavy atom. The summed E-state index contributed by atoms with van der Waals surface area (Å²) in [6, 6.07) is 7.60. The fourth-order valence-corrected chi connectivity index (χ4v) is 2.41. The van der Waals surface area contributed by atoms with Gasteiger partial charge in [0.25, 0.3) is 0 Å². The standard InChI is InChI=1S/C11H8ClFOS/c12-8-5-10(15-6-8)11(14)7-2-1-3-9(13)4-7/h1-6,11,14H. The molecule has 0 aliphatic heterocycles. The highest BCUT2D eigenvalue weighted by atomic mass is 35.5. The summed E-state index contributed by atoms with van der Waals surface area (Å²) in [4.78, 5) is 0.714. The molecule has 2 aromatic rings. The second kappa shape index (κ2) is 4.31. The summed E-state index contributed by atoms with van der Waals surface area (Å²) in [6.45, 7) is 0. The van der Waals surface area contributed by atoms with Crippen LogP contribution < -0.4 is 0 Å². The Hall–Kier alpha value is -0.900. The summed E-state index contributed by atoms with van der Waals surface area (Å²) in [5.74, 6) is -0.353. The molecule has 0 saturated carbocycles. The summed E-state index contributed by atoms with van der Waals surface area (Å²) in [7, 11) is 0. The first-order valence-corrected chi connectivity index (χ1v) is 5.60. The topological polar surface area (TPSA) is 20.2 Å². The van der Waals surface area contributed by atoms with Gasteiger partial charge in [0.1, 0.15) is 11.9 Å². The van der Waals surface area contributed by atoms with Crippen molar-refractivity contribution >= 4 is 22.9 Å². The van der Waals surface area contributed by atoms with Crippen molar-refractivity contribution in [1.29, 1.82) is 0 Å². The highest BCUT2D eigenvalue weighted by Gasteiger charge is 2.12. The third-order valence-corrected chi connectivity index (χ3v) is 3.35. The van der Waals surface area contributed by atoms with E-state index in [1.54, 1.807) is 23.6 Å². The second-order valence-electron chi connectivity index (χ2n) is 3.12. The van der Waals surface area contributed by atoms with Gasteiger partial charge >= 0.3 is 0 Å². The molecule has 1 N–H and O–H groups in total. The van der Waals surface area contributed by atoms with Crippen LogP contribution in [0.3, 0.4) is 0 Å². The Morgan fingerprint density at radius 3 is 2.73 bits per heavy atom. The first-order valence-electron chi connectivity index (χ1n) is 4.34. The molecule has 2 rings (SSSR count). The molecule has 0 aliphatic rings. The predicted octanol–water partition coefficient (Wildman–Crippen LogP) is 3.62. The van der Waals surface area contributed by atoms with Crippen LogP contribution in [-0.2, 0) is 0 Å². The Bertz CT molecular complexity index is 469. The maximum absolute atomic E-state index is 12.9. The summed E-state index contributed by atoms with van der Waals surface area (Å²) >= 11 is 7.10. The van der Waals surface area contributed by atoms with Crippen LogP contribution >= 0.6 is 22.9 Å². The molecular formula is C11H8ClFOS. The molecule has 1 unspecified atom stereocenters. The van der Waals surface area contributed by atoms with Gasteiger partial charge in [-0.05, 0) is 23.8 Å². The highest BCUT2D eigenvalue weighted by molar-refractivity contribution is 7.10. The average Bonchev–Trinajstić information content (AvgIpc) is 2.64. The summed E-state index contributed by atoms with van der Waals surface area (Å²) < 4.78 is 12.9. The van der Waals surface area contributed by atoms with Crippen molar-refractivity contribution in [2.75, 3.05) is 0 Å². The summed E-state index contributed by atoms with van der Waals surface area (Å²) in [6.07, 6.45) is -0.807. The van der Waals surface area contributed by atoms with E-state index in [2.05, 4.69) is 0 Å². The Labute approximate surface area is 95.8 Å². The van der Waals surface area contributed by atoms with Gasteiger partial charge < -0.3 is 5.11 Å². The van der Waals surface area contributed by atoms with Gasteiger partial charge in [0, 0.05) is 10.3 Å². The van der Waals surface area contributed by atoms with Crippen LogP contribution in [0.15, 0.2) is 35.7 Å². The van der Waals surface area contributed by atoms with Gasteiger partial charge in [-0.3, -0.25) is 0 Å². The molecule has 1 aromatic heterocycles. The van der Waals surface area contributed by atoms with Crippen LogP contribution in [0.25, 0.3) is 0 Å². The van der Waals surface area contributed by atoms with Gasteiger partial charge in [0.15, 0.2) is 0 Å². The minimum absolute atomic E-state index is 0.353. The lowest BCUT2D eigenvalue weighted by Gasteiger charge is -2.08. The van der Waals surface area contributed by atoms with Gasteiger partial charge in [-0.1, -0.05) is 23.7 Å². The molecule has 0 saturated heterocycles. The van der Waals surface area contributed by atoms with Crippen molar-refractivity contribution < 1.29 is 9.50 Å². The minimum Gasteiger partial charge on any atom is -0.383 e. The van der Waals surface area contributed by atoms with E-state index in [1.165, 1.54) is 23.5 Å². The summed E-state index contributed by atoms with van der Waals surface area (Å²) in [5, 5.41) is 12.2. The third kappa shape index (κ3) is 2.37. The van der Waals surface area contributed by atoms with Crippen LogP contribution in [-0.4, -0.2) is 5.11 Å². The molecular weight excluding hydrogens is 235 g/mol. The van der Waals surface area contributed by atoms with E-state index >= 15 is 0 Å². The molecule has 78 valence electrons. The number of halogens is 2. The molecule has 4 heteroatoms. The predicted molar refractivity (Wildman–Crippen MR) is 59.8 cm³/mol. The maximum Gasteiger partial charge on any atom is 0.123 e. The molecule has 0 amide bonds. The average molecular weight is 243 g/mol. The van der Waals surface area contributed by atoms with Gasteiger partial charge in [-0.25, -0.2) is 4.39 Å². The number of aliphatic hydroxyl groups is 1. The van der Waals surface area contributed by atoms with E-state index in [4.69, 9.17) is 11.6 Å². The molecule has 0 bridgehead atoms. The van der Waals surface area contributed by atoms with Gasteiger partial charge in [-0.2, -0.15) is 0 Å². The molecule has 1 heterocycles. The lowest BCUT2D eigenvalue weighted by atomic mass is 10.1. The fourth-order valence-electron chi connectivity index (χ4n) is 1.31. The largest absolute Gasteiger partial charge is 0.383 e. The van der Waals surface area contributed by atoms with Crippen molar-refractivity contribution in [2.45, 2.75) is 6.10 Å². The van der Waals surface area contributed by atoms with Crippen LogP contribution in [0.1, 0.15) is 16.5 Å². The zero-order valence-corrected chi connectivity index (χ0v) is 9.23. The summed E-state index contributed by atoms with van der Waals surface area (Å²) in [5.41, 5.74) is 0.536. The minimum atomic E-state index is -0.807. The lowest BCUT2D eigenvalue weighted by molar-refractivity contribution is 0.223. The second-order valence-corrected chi connectivity index (χ2v) is 4.50. The third-order valence-electron chi connectivity index (χ3n) is 2.02. The Balaban J connectivity index is 2.32. The van der Waals surface area contributed by atoms with E-state index in [0.29, 0.717) is 15.5 Å². The number of benzene rings is 1. The lowest BCUT2D eigenvalue weighted by Crippen LogP contribution is -1.97. The smallest absolute Gasteiger partial charge is 0.123 e. The van der Waals surface area contributed by atoms with Crippen LogP contribution in [0.4, 0.5) is 4.39 Å². The van der Waals surface area contributed by atoms with Crippen molar-refractivity contribution in [2.24, 2.45) is 0 Å². The van der Waals surface area contributed by atoms with E-state index in [0.717, 1.165) is 0 Å². The number of thiophene rings is 1. The number of aliphatic hydroxyl groups excluding tert-OH is 1. The van der Waals surface area contributed by atoms with Gasteiger partial charge in [0.05, 0.1) is 5.02 Å². The first kappa shape index (κ1) is 10.6. The highest BCUT2D eigenvalue weighted by Crippen LogP contribution is 2.29.